The van der Waals surface area contributed by atoms with Gasteiger partial charge in [0.1, 0.15) is 11.3 Å². The van der Waals surface area contributed by atoms with E-state index < -0.39 is 0 Å². The van der Waals surface area contributed by atoms with Crippen molar-refractivity contribution in [1.29, 1.82) is 0 Å². The van der Waals surface area contributed by atoms with Gasteiger partial charge in [-0.1, -0.05) is 17.7 Å². The Labute approximate surface area is 174 Å². The van der Waals surface area contributed by atoms with Gasteiger partial charge in [0.2, 0.25) is 5.95 Å². The number of morpholine rings is 1. The number of hydrogen-bond donors (Lipinski definition) is 1. The highest BCUT2D eigenvalue weighted by atomic mass is 35.5. The fourth-order valence-electron chi connectivity index (χ4n) is 3.47. The summed E-state index contributed by atoms with van der Waals surface area (Å²) < 4.78 is 13.0. The van der Waals surface area contributed by atoms with Crippen LogP contribution in [0.3, 0.4) is 0 Å². The van der Waals surface area contributed by atoms with Crippen LogP contribution in [-0.2, 0) is 11.3 Å². The number of carbonyl (C=O) groups excluding carboxylic acids is 1. The molecule has 1 saturated heterocycles. The Bertz CT molecular complexity index is 997. The first kappa shape index (κ1) is 19.7. The minimum atomic E-state index is -0.233. The highest BCUT2D eigenvalue weighted by Gasteiger charge is 2.19. The first-order valence-electron chi connectivity index (χ1n) is 9.56. The second-order valence-corrected chi connectivity index (χ2v) is 7.27. The average molecular weight is 415 g/mol. The molecule has 0 atom stereocenters. The smallest absolute Gasteiger partial charge is 0.257 e. The van der Waals surface area contributed by atoms with Crippen LogP contribution >= 0.6 is 11.6 Å². The number of carbonyl (C=O) groups is 1. The third-order valence-corrected chi connectivity index (χ3v) is 5.28. The van der Waals surface area contributed by atoms with Gasteiger partial charge in [0.05, 0.1) is 25.8 Å². The summed E-state index contributed by atoms with van der Waals surface area (Å²) in [5.74, 6) is 0.991. The molecule has 1 fully saturated rings. The standard InChI is InChI=1S/C21H23ClN4O3/c1-28-18-4-2-3-17-19(18)26(10-9-25-11-13-29-14-12-25)21(23-17)24-20(27)15-5-7-16(22)8-6-15/h2-8H,9-14H2,1H3,(H,23,24,27). The number of para-hydroxylation sites is 1. The number of fused-ring (bicyclic) bond motifs is 1. The van der Waals surface area contributed by atoms with Crippen molar-refractivity contribution in [3.05, 3.63) is 53.1 Å². The van der Waals surface area contributed by atoms with Crippen molar-refractivity contribution in [2.75, 3.05) is 45.3 Å². The van der Waals surface area contributed by atoms with Crippen LogP contribution in [0.25, 0.3) is 11.0 Å². The lowest BCUT2D eigenvalue weighted by atomic mass is 10.2. The molecule has 2 heterocycles. The van der Waals surface area contributed by atoms with Crippen molar-refractivity contribution in [3.8, 4) is 5.75 Å². The summed E-state index contributed by atoms with van der Waals surface area (Å²) >= 11 is 5.93. The predicted molar refractivity (Wildman–Crippen MR) is 113 cm³/mol. The molecule has 0 saturated carbocycles. The first-order valence-corrected chi connectivity index (χ1v) is 9.94. The molecule has 4 rings (SSSR count). The Balaban J connectivity index is 1.64. The van der Waals surface area contributed by atoms with Gasteiger partial charge in [-0.3, -0.25) is 15.0 Å². The maximum Gasteiger partial charge on any atom is 0.257 e. The maximum atomic E-state index is 12.7. The second-order valence-electron chi connectivity index (χ2n) is 6.83. The Morgan fingerprint density at radius 3 is 2.66 bits per heavy atom. The molecule has 29 heavy (non-hydrogen) atoms. The Morgan fingerprint density at radius 2 is 1.93 bits per heavy atom. The molecule has 1 N–H and O–H groups in total. The molecule has 1 aliphatic heterocycles. The number of methoxy groups -OCH3 is 1. The number of benzene rings is 2. The number of amides is 1. The number of hydrogen-bond acceptors (Lipinski definition) is 5. The van der Waals surface area contributed by atoms with Gasteiger partial charge in [0.25, 0.3) is 5.91 Å². The van der Waals surface area contributed by atoms with Gasteiger partial charge in [-0.2, -0.15) is 0 Å². The zero-order valence-corrected chi connectivity index (χ0v) is 17.0. The summed E-state index contributed by atoms with van der Waals surface area (Å²) in [5.41, 5.74) is 2.17. The molecule has 0 bridgehead atoms. The molecule has 0 aliphatic carbocycles. The molecule has 0 unspecified atom stereocenters. The number of anilines is 1. The molecule has 7 nitrogen and oxygen atoms in total. The molecular formula is C21H23ClN4O3. The number of ether oxygens (including phenoxy) is 2. The lowest BCUT2D eigenvalue weighted by Crippen LogP contribution is -2.38. The molecular weight excluding hydrogens is 392 g/mol. The van der Waals surface area contributed by atoms with Crippen LogP contribution in [0.4, 0.5) is 5.95 Å². The second kappa shape index (κ2) is 8.82. The normalized spacial score (nSPS) is 14.8. The zero-order valence-electron chi connectivity index (χ0n) is 16.2. The van der Waals surface area contributed by atoms with Crippen molar-refractivity contribution < 1.29 is 14.3 Å². The molecule has 152 valence electrons. The van der Waals surface area contributed by atoms with Crippen LogP contribution in [-0.4, -0.2) is 60.3 Å². The van der Waals surface area contributed by atoms with Crippen LogP contribution < -0.4 is 10.1 Å². The Morgan fingerprint density at radius 1 is 1.17 bits per heavy atom. The number of imidazole rings is 1. The van der Waals surface area contributed by atoms with Crippen molar-refractivity contribution in [1.82, 2.24) is 14.5 Å². The number of halogens is 1. The van der Waals surface area contributed by atoms with Gasteiger partial charge in [-0.25, -0.2) is 4.98 Å². The number of nitrogens with zero attached hydrogens (tertiary/aromatic N) is 3. The van der Waals surface area contributed by atoms with E-state index in [4.69, 9.17) is 21.1 Å². The van der Waals surface area contributed by atoms with E-state index in [1.54, 1.807) is 31.4 Å². The summed E-state index contributed by atoms with van der Waals surface area (Å²) in [6.45, 7) is 4.79. The van der Waals surface area contributed by atoms with Gasteiger partial charge >= 0.3 is 0 Å². The molecule has 3 aromatic rings. The molecule has 1 aromatic heterocycles. The SMILES string of the molecule is COc1cccc2nc(NC(=O)c3ccc(Cl)cc3)n(CCN3CCOCC3)c12. The third-order valence-electron chi connectivity index (χ3n) is 5.02. The summed E-state index contributed by atoms with van der Waals surface area (Å²) in [4.78, 5) is 19.7. The fourth-order valence-corrected chi connectivity index (χ4v) is 3.60. The van der Waals surface area contributed by atoms with E-state index in [-0.39, 0.29) is 5.91 Å². The van der Waals surface area contributed by atoms with Gasteiger partial charge in [-0.05, 0) is 36.4 Å². The first-order chi connectivity index (χ1) is 14.2. The van der Waals surface area contributed by atoms with E-state index in [0.29, 0.717) is 23.1 Å². The summed E-state index contributed by atoms with van der Waals surface area (Å²) in [6.07, 6.45) is 0. The van der Waals surface area contributed by atoms with E-state index in [9.17, 15) is 4.79 Å². The van der Waals surface area contributed by atoms with Crippen LogP contribution in [0.15, 0.2) is 42.5 Å². The predicted octanol–water partition coefficient (Wildman–Crippen LogP) is 3.28. The number of nitrogens with one attached hydrogen (secondary N) is 1. The van der Waals surface area contributed by atoms with Gasteiger partial charge in [0, 0.05) is 36.8 Å². The number of rotatable bonds is 6. The average Bonchev–Trinajstić information content (AvgIpc) is 3.10. The van der Waals surface area contributed by atoms with Crippen LogP contribution in [0.5, 0.6) is 5.75 Å². The monoisotopic (exact) mass is 414 g/mol. The molecule has 2 aromatic carbocycles. The highest BCUT2D eigenvalue weighted by molar-refractivity contribution is 6.30. The van der Waals surface area contributed by atoms with Gasteiger partial charge in [0.15, 0.2) is 0 Å². The zero-order chi connectivity index (χ0) is 20.2. The Kier molecular flexibility index (Phi) is 5.99. The van der Waals surface area contributed by atoms with E-state index >= 15 is 0 Å². The Hall–Kier alpha value is -2.61. The summed E-state index contributed by atoms with van der Waals surface area (Å²) in [7, 11) is 1.64. The maximum absolute atomic E-state index is 12.7. The van der Waals surface area contributed by atoms with E-state index in [1.165, 1.54) is 0 Å². The molecule has 8 heteroatoms. The van der Waals surface area contributed by atoms with Crippen LogP contribution in [0, 0.1) is 0 Å². The van der Waals surface area contributed by atoms with Crippen molar-refractivity contribution in [2.45, 2.75) is 6.54 Å². The largest absolute Gasteiger partial charge is 0.494 e. The lowest BCUT2D eigenvalue weighted by Gasteiger charge is -2.27. The number of aromatic nitrogens is 2. The summed E-state index contributed by atoms with van der Waals surface area (Å²) in [5, 5.41) is 3.53. The van der Waals surface area contributed by atoms with Gasteiger partial charge in [-0.15, -0.1) is 0 Å². The fraction of sp³-hybridized carbons (Fsp3) is 0.333. The van der Waals surface area contributed by atoms with Crippen LogP contribution in [0.2, 0.25) is 5.02 Å². The van der Waals surface area contributed by atoms with Crippen molar-refractivity contribution >= 4 is 34.5 Å². The molecule has 0 spiro atoms. The van der Waals surface area contributed by atoms with Gasteiger partial charge < -0.3 is 14.0 Å². The van der Waals surface area contributed by atoms with Crippen molar-refractivity contribution in [3.63, 3.8) is 0 Å². The lowest BCUT2D eigenvalue weighted by molar-refractivity contribution is 0.0366. The van der Waals surface area contributed by atoms with Crippen molar-refractivity contribution in [2.24, 2.45) is 0 Å². The third kappa shape index (κ3) is 4.37. The van der Waals surface area contributed by atoms with Crippen LogP contribution in [0.1, 0.15) is 10.4 Å². The van der Waals surface area contributed by atoms with E-state index in [2.05, 4.69) is 15.2 Å². The topological polar surface area (TPSA) is 68.6 Å². The van der Waals surface area contributed by atoms with E-state index in [1.807, 2.05) is 22.8 Å². The highest BCUT2D eigenvalue weighted by Crippen LogP contribution is 2.29. The quantitative estimate of drug-likeness (QED) is 0.670. The minimum absolute atomic E-state index is 0.233. The molecule has 0 radical (unpaired) electrons. The molecule has 1 amide bonds. The summed E-state index contributed by atoms with van der Waals surface area (Å²) in [6, 6.07) is 12.5. The van der Waals surface area contributed by atoms with E-state index in [0.717, 1.165) is 49.6 Å². The molecule has 1 aliphatic rings. The minimum Gasteiger partial charge on any atom is -0.494 e.